The predicted molar refractivity (Wildman–Crippen MR) is 100 cm³/mol. The molecule has 3 heterocycles. The predicted octanol–water partition coefficient (Wildman–Crippen LogP) is -6.45. The second kappa shape index (κ2) is 10.9. The monoisotopic (exact) mass is 502 g/mol. The molecule has 10 N–H and O–H groups in total. The first-order chi connectivity index (χ1) is 15.9. The van der Waals surface area contributed by atoms with Gasteiger partial charge in [-0.3, -0.25) is 0 Å². The third-order valence-electron chi connectivity index (χ3n) is 6.02. The number of aliphatic carboxylic acids is 1. The SMILES string of the molecule is C[C@@H]1O[C@@H](O[C@H]2[C@H](O[C@H]3C(O)O[C@H](C(=O)O)[C@@H](O)[C@@H]3O)O[C@H](CO)[C@@H](O)[C@@H]2O)[C@H](O)[C@H](O)[C@H]1O. The van der Waals surface area contributed by atoms with E-state index in [0.29, 0.717) is 0 Å². The molecule has 198 valence electrons. The van der Waals surface area contributed by atoms with Crippen molar-refractivity contribution in [3.05, 3.63) is 0 Å². The molecule has 15 atom stereocenters. The minimum absolute atomic E-state index is 0.814. The van der Waals surface area contributed by atoms with Crippen molar-refractivity contribution in [3.8, 4) is 0 Å². The standard InChI is InChI=1S/C18H30O16/c1-3-5(20)7(22)11(26)17(30-3)34-14-8(23)6(21)4(2-19)31-18(14)33-13-10(25)9(24)12(15(27)28)32-16(13)29/h3-14,16-26,29H,2H2,1H3,(H,27,28)/t3-,4+,5-,6+,7+,8-,9-,10-,11+,12-,13+,14+,16?,17-,18-/m0/s1. The average Bonchev–Trinajstić information content (AvgIpc) is 2.79. The number of hydrogen-bond acceptors (Lipinski definition) is 15. The van der Waals surface area contributed by atoms with Gasteiger partial charge in [-0.25, -0.2) is 4.79 Å². The molecule has 0 aromatic rings. The zero-order chi connectivity index (χ0) is 25.5. The van der Waals surface area contributed by atoms with Crippen LogP contribution in [-0.2, 0) is 28.5 Å². The van der Waals surface area contributed by atoms with E-state index >= 15 is 0 Å². The molecule has 0 bridgehead atoms. The van der Waals surface area contributed by atoms with Crippen LogP contribution < -0.4 is 0 Å². The normalized spacial score (nSPS) is 52.4. The summed E-state index contributed by atoms with van der Waals surface area (Å²) in [6, 6.07) is 0. The van der Waals surface area contributed by atoms with Crippen molar-refractivity contribution in [2.75, 3.05) is 6.61 Å². The largest absolute Gasteiger partial charge is 0.479 e. The topological polar surface area (TPSA) is 266 Å². The van der Waals surface area contributed by atoms with E-state index in [1.807, 2.05) is 0 Å². The number of carboxylic acid groups (broad SMARTS) is 1. The highest BCUT2D eigenvalue weighted by molar-refractivity contribution is 5.73. The van der Waals surface area contributed by atoms with E-state index in [4.69, 9.17) is 28.8 Å². The zero-order valence-electron chi connectivity index (χ0n) is 17.8. The summed E-state index contributed by atoms with van der Waals surface area (Å²) in [5.74, 6) is -1.67. The van der Waals surface area contributed by atoms with Gasteiger partial charge in [-0.1, -0.05) is 0 Å². The first-order valence-corrected chi connectivity index (χ1v) is 10.4. The molecule has 0 amide bonds. The Morgan fingerprint density at radius 3 is 1.88 bits per heavy atom. The molecule has 0 radical (unpaired) electrons. The minimum atomic E-state index is -2.10. The summed E-state index contributed by atoms with van der Waals surface area (Å²) in [7, 11) is 0. The Morgan fingerprint density at radius 1 is 0.706 bits per heavy atom. The minimum Gasteiger partial charge on any atom is -0.479 e. The van der Waals surface area contributed by atoms with Gasteiger partial charge >= 0.3 is 5.97 Å². The number of aliphatic hydroxyl groups is 9. The molecule has 3 fully saturated rings. The maximum atomic E-state index is 11.1. The lowest BCUT2D eigenvalue weighted by atomic mass is 9.96. The molecule has 1 unspecified atom stereocenters. The van der Waals surface area contributed by atoms with E-state index in [0.717, 1.165) is 0 Å². The number of aliphatic hydroxyl groups excluding tert-OH is 9. The Bertz CT molecular complexity index is 695. The van der Waals surface area contributed by atoms with Crippen LogP contribution in [0.25, 0.3) is 0 Å². The lowest BCUT2D eigenvalue weighted by molar-refractivity contribution is -0.388. The fourth-order valence-electron chi connectivity index (χ4n) is 3.95. The van der Waals surface area contributed by atoms with Gasteiger partial charge in [0, 0.05) is 0 Å². The van der Waals surface area contributed by atoms with Crippen LogP contribution in [0.15, 0.2) is 0 Å². The van der Waals surface area contributed by atoms with Crippen molar-refractivity contribution in [1.82, 2.24) is 0 Å². The van der Waals surface area contributed by atoms with E-state index in [1.165, 1.54) is 6.92 Å². The maximum Gasteiger partial charge on any atom is 0.335 e. The molecule has 34 heavy (non-hydrogen) atoms. The number of hydrogen-bond donors (Lipinski definition) is 10. The number of carbonyl (C=O) groups is 1. The van der Waals surface area contributed by atoms with E-state index in [-0.39, 0.29) is 0 Å². The summed E-state index contributed by atoms with van der Waals surface area (Å²) >= 11 is 0. The van der Waals surface area contributed by atoms with Gasteiger partial charge in [0.15, 0.2) is 25.0 Å². The zero-order valence-corrected chi connectivity index (χ0v) is 17.8. The van der Waals surface area contributed by atoms with Crippen molar-refractivity contribution in [1.29, 1.82) is 0 Å². The van der Waals surface area contributed by atoms with Crippen LogP contribution in [0, 0.1) is 0 Å². The summed E-state index contributed by atoms with van der Waals surface area (Å²) in [6.07, 6.45) is -26.4. The Balaban J connectivity index is 1.82. The van der Waals surface area contributed by atoms with Crippen LogP contribution in [0.5, 0.6) is 0 Å². The highest BCUT2D eigenvalue weighted by Crippen LogP contribution is 2.32. The van der Waals surface area contributed by atoms with Gasteiger partial charge in [0.1, 0.15) is 61.0 Å². The quantitative estimate of drug-likeness (QED) is 0.162. The summed E-state index contributed by atoms with van der Waals surface area (Å²) in [4.78, 5) is 11.1. The van der Waals surface area contributed by atoms with Crippen LogP contribution in [0.1, 0.15) is 6.92 Å². The molecule has 3 rings (SSSR count). The summed E-state index contributed by atoms with van der Waals surface area (Å²) in [5, 5.41) is 99.7. The van der Waals surface area contributed by atoms with E-state index in [9.17, 15) is 50.8 Å². The highest BCUT2D eigenvalue weighted by Gasteiger charge is 2.54. The van der Waals surface area contributed by atoms with Crippen molar-refractivity contribution < 1.29 is 79.5 Å². The molecule has 0 spiro atoms. The molecular formula is C18H30O16. The first kappa shape index (κ1) is 27.5. The average molecular weight is 502 g/mol. The third-order valence-corrected chi connectivity index (χ3v) is 6.02. The molecule has 0 aromatic carbocycles. The van der Waals surface area contributed by atoms with Crippen LogP contribution in [0.2, 0.25) is 0 Å². The maximum absolute atomic E-state index is 11.1. The van der Waals surface area contributed by atoms with Gasteiger partial charge in [0.25, 0.3) is 0 Å². The Kier molecular flexibility index (Phi) is 8.81. The number of carboxylic acids is 1. The van der Waals surface area contributed by atoms with Crippen LogP contribution in [-0.4, -0.2) is 156 Å². The van der Waals surface area contributed by atoms with E-state index in [1.54, 1.807) is 0 Å². The van der Waals surface area contributed by atoms with Crippen molar-refractivity contribution >= 4 is 5.97 Å². The van der Waals surface area contributed by atoms with E-state index < -0.39 is 105 Å². The summed E-state index contributed by atoms with van der Waals surface area (Å²) in [6.45, 7) is 0.548. The molecule has 0 saturated carbocycles. The second-order valence-electron chi connectivity index (χ2n) is 8.36. The van der Waals surface area contributed by atoms with Gasteiger partial charge in [0.05, 0.1) is 12.7 Å². The fraction of sp³-hybridized carbons (Fsp3) is 0.944. The van der Waals surface area contributed by atoms with Gasteiger partial charge < -0.3 is 74.7 Å². The Morgan fingerprint density at radius 2 is 1.29 bits per heavy atom. The van der Waals surface area contributed by atoms with E-state index in [2.05, 4.69) is 0 Å². The third kappa shape index (κ3) is 5.20. The second-order valence-corrected chi connectivity index (χ2v) is 8.36. The molecule has 0 aromatic heterocycles. The van der Waals surface area contributed by atoms with Crippen LogP contribution >= 0.6 is 0 Å². The Labute approximate surface area is 192 Å². The molecule has 16 heteroatoms. The van der Waals surface area contributed by atoms with Crippen LogP contribution in [0.4, 0.5) is 0 Å². The number of ether oxygens (including phenoxy) is 5. The smallest absolute Gasteiger partial charge is 0.335 e. The highest BCUT2D eigenvalue weighted by atomic mass is 16.8. The molecule has 3 saturated heterocycles. The van der Waals surface area contributed by atoms with Crippen molar-refractivity contribution in [2.24, 2.45) is 0 Å². The molecular weight excluding hydrogens is 472 g/mol. The summed E-state index contributed by atoms with van der Waals surface area (Å²) in [5.41, 5.74) is 0. The van der Waals surface area contributed by atoms with Gasteiger partial charge in [-0.2, -0.15) is 0 Å². The first-order valence-electron chi connectivity index (χ1n) is 10.4. The van der Waals surface area contributed by atoms with Crippen LogP contribution in [0.3, 0.4) is 0 Å². The summed E-state index contributed by atoms with van der Waals surface area (Å²) < 4.78 is 26.3. The van der Waals surface area contributed by atoms with Gasteiger partial charge in [-0.05, 0) is 6.92 Å². The lowest BCUT2D eigenvalue weighted by Crippen LogP contribution is -2.66. The molecule has 3 aliphatic rings. The lowest BCUT2D eigenvalue weighted by Gasteiger charge is -2.47. The molecule has 16 nitrogen and oxygen atoms in total. The fourth-order valence-corrected chi connectivity index (χ4v) is 3.95. The molecule has 0 aliphatic carbocycles. The van der Waals surface area contributed by atoms with Crippen molar-refractivity contribution in [3.63, 3.8) is 0 Å². The van der Waals surface area contributed by atoms with Gasteiger partial charge in [0.2, 0.25) is 0 Å². The van der Waals surface area contributed by atoms with Crippen molar-refractivity contribution in [2.45, 2.75) is 99.0 Å². The Hall–Kier alpha value is -1.09. The number of rotatable bonds is 6. The van der Waals surface area contributed by atoms with Gasteiger partial charge in [-0.15, -0.1) is 0 Å². The molecule has 3 aliphatic heterocycles.